The number of amides is 1. The lowest BCUT2D eigenvalue weighted by molar-refractivity contribution is 0.00783. The zero-order valence-electron chi connectivity index (χ0n) is 16.7. The highest BCUT2D eigenvalue weighted by atomic mass is 32.2. The molecule has 28 heavy (non-hydrogen) atoms. The summed E-state index contributed by atoms with van der Waals surface area (Å²) in [6, 6.07) is 1.78. The average molecular weight is 416 g/mol. The SMILES string of the molecule is CC(C)(C)OC(=O)N1CC(c2cnccc2OCCOCCOS(C)(=O)=O)C1. The number of hydrogen-bond acceptors (Lipinski definition) is 8. The van der Waals surface area contributed by atoms with Crippen molar-refractivity contribution in [3.05, 3.63) is 24.0 Å². The van der Waals surface area contributed by atoms with Crippen LogP contribution in [0.4, 0.5) is 4.79 Å². The molecule has 0 aliphatic carbocycles. The highest BCUT2D eigenvalue weighted by molar-refractivity contribution is 7.85. The van der Waals surface area contributed by atoms with E-state index in [9.17, 15) is 13.2 Å². The van der Waals surface area contributed by atoms with Crippen molar-refractivity contribution in [3.63, 3.8) is 0 Å². The largest absolute Gasteiger partial charge is 0.491 e. The Morgan fingerprint density at radius 1 is 1.21 bits per heavy atom. The van der Waals surface area contributed by atoms with Crippen LogP contribution in [-0.2, 0) is 23.8 Å². The van der Waals surface area contributed by atoms with Gasteiger partial charge in [-0.25, -0.2) is 4.79 Å². The van der Waals surface area contributed by atoms with Crippen LogP contribution in [0, 0.1) is 0 Å². The molecular weight excluding hydrogens is 388 g/mol. The van der Waals surface area contributed by atoms with E-state index in [0.717, 1.165) is 11.8 Å². The molecule has 0 unspecified atom stereocenters. The van der Waals surface area contributed by atoms with Gasteiger partial charge in [-0.05, 0) is 26.8 Å². The Labute approximate surface area is 166 Å². The first-order valence-corrected chi connectivity index (χ1v) is 10.8. The molecule has 9 nitrogen and oxygen atoms in total. The Bertz CT molecular complexity index is 755. The van der Waals surface area contributed by atoms with E-state index in [2.05, 4.69) is 9.17 Å². The van der Waals surface area contributed by atoms with E-state index in [4.69, 9.17) is 14.2 Å². The Balaban J connectivity index is 1.74. The summed E-state index contributed by atoms with van der Waals surface area (Å²) in [5.41, 5.74) is 0.416. The molecule has 10 heteroatoms. The Hall–Kier alpha value is -1.91. The second-order valence-corrected chi connectivity index (χ2v) is 9.13. The normalized spacial score (nSPS) is 15.2. The molecule has 158 valence electrons. The van der Waals surface area contributed by atoms with Gasteiger partial charge >= 0.3 is 6.09 Å². The maximum absolute atomic E-state index is 12.1. The molecule has 1 aromatic rings. The fourth-order valence-corrected chi connectivity index (χ4v) is 2.91. The third-order valence-corrected chi connectivity index (χ3v) is 4.39. The summed E-state index contributed by atoms with van der Waals surface area (Å²) in [4.78, 5) is 17.9. The molecule has 1 aliphatic heterocycles. The van der Waals surface area contributed by atoms with Crippen molar-refractivity contribution < 1.29 is 31.6 Å². The van der Waals surface area contributed by atoms with E-state index < -0.39 is 15.7 Å². The summed E-state index contributed by atoms with van der Waals surface area (Å²) in [5, 5.41) is 0. The van der Waals surface area contributed by atoms with Crippen LogP contribution in [0.25, 0.3) is 0 Å². The van der Waals surface area contributed by atoms with Crippen molar-refractivity contribution >= 4 is 16.2 Å². The molecule has 2 heterocycles. The number of nitrogens with zero attached hydrogens (tertiary/aromatic N) is 2. The maximum atomic E-state index is 12.1. The highest BCUT2D eigenvalue weighted by Crippen LogP contribution is 2.33. The first-order chi connectivity index (χ1) is 13.1. The predicted octanol–water partition coefficient (Wildman–Crippen LogP) is 1.79. The second-order valence-electron chi connectivity index (χ2n) is 7.48. The Kier molecular flexibility index (Phi) is 7.62. The molecule has 1 saturated heterocycles. The van der Waals surface area contributed by atoms with E-state index >= 15 is 0 Å². The second kappa shape index (κ2) is 9.53. The molecule has 0 bridgehead atoms. The Morgan fingerprint density at radius 3 is 2.54 bits per heavy atom. The lowest BCUT2D eigenvalue weighted by atomic mass is 9.92. The van der Waals surface area contributed by atoms with Gasteiger partial charge in [-0.1, -0.05) is 0 Å². The van der Waals surface area contributed by atoms with Gasteiger partial charge in [0.25, 0.3) is 10.1 Å². The third kappa shape index (κ3) is 7.61. The van der Waals surface area contributed by atoms with Gasteiger partial charge in [-0.15, -0.1) is 0 Å². The molecule has 0 atom stereocenters. The van der Waals surface area contributed by atoms with Crippen molar-refractivity contribution in [1.82, 2.24) is 9.88 Å². The molecule has 1 aromatic heterocycles. The molecule has 0 N–H and O–H groups in total. The van der Waals surface area contributed by atoms with Crippen molar-refractivity contribution in [2.24, 2.45) is 0 Å². The molecule has 0 saturated carbocycles. The lowest BCUT2D eigenvalue weighted by Crippen LogP contribution is -2.50. The number of likely N-dealkylation sites (tertiary alicyclic amines) is 1. The molecule has 0 radical (unpaired) electrons. The number of aromatic nitrogens is 1. The molecule has 1 fully saturated rings. The van der Waals surface area contributed by atoms with Gasteiger partial charge in [0.2, 0.25) is 0 Å². The van der Waals surface area contributed by atoms with Crippen LogP contribution in [0.15, 0.2) is 18.5 Å². The average Bonchev–Trinajstić information content (AvgIpc) is 2.51. The molecule has 2 rings (SSSR count). The van der Waals surface area contributed by atoms with Crippen molar-refractivity contribution in [1.29, 1.82) is 0 Å². The third-order valence-electron chi connectivity index (χ3n) is 3.79. The van der Waals surface area contributed by atoms with Crippen LogP contribution in [0.5, 0.6) is 5.75 Å². The van der Waals surface area contributed by atoms with Crippen LogP contribution in [-0.4, -0.2) is 75.8 Å². The van der Waals surface area contributed by atoms with Gasteiger partial charge in [0, 0.05) is 37.0 Å². The monoisotopic (exact) mass is 416 g/mol. The summed E-state index contributed by atoms with van der Waals surface area (Å²) in [7, 11) is -3.45. The summed E-state index contributed by atoms with van der Waals surface area (Å²) in [5.74, 6) is 0.833. The van der Waals surface area contributed by atoms with Crippen molar-refractivity contribution in [3.8, 4) is 5.75 Å². The van der Waals surface area contributed by atoms with Gasteiger partial charge < -0.3 is 19.1 Å². The fourth-order valence-electron chi connectivity index (χ4n) is 2.54. The number of hydrogen-bond donors (Lipinski definition) is 0. The smallest absolute Gasteiger partial charge is 0.410 e. The van der Waals surface area contributed by atoms with Gasteiger partial charge in [-0.2, -0.15) is 8.42 Å². The number of ether oxygens (including phenoxy) is 3. The first kappa shape index (κ1) is 22.4. The van der Waals surface area contributed by atoms with E-state index in [0.29, 0.717) is 32.1 Å². The maximum Gasteiger partial charge on any atom is 0.410 e. The van der Waals surface area contributed by atoms with Gasteiger partial charge in [0.05, 0.1) is 26.1 Å². The zero-order chi connectivity index (χ0) is 20.8. The minimum Gasteiger partial charge on any atom is -0.491 e. The van der Waals surface area contributed by atoms with E-state index in [1.165, 1.54) is 0 Å². The highest BCUT2D eigenvalue weighted by Gasteiger charge is 2.36. The number of pyridine rings is 1. The quantitative estimate of drug-likeness (QED) is 0.443. The lowest BCUT2D eigenvalue weighted by Gasteiger charge is -2.40. The number of rotatable bonds is 9. The van der Waals surface area contributed by atoms with E-state index in [-0.39, 0.29) is 25.2 Å². The van der Waals surface area contributed by atoms with E-state index in [1.54, 1.807) is 23.4 Å². The standard InChI is InChI=1S/C18H28N2O7S/c1-18(2,3)27-17(21)20-12-14(13-20)15-11-19-6-5-16(15)25-9-7-24-8-10-26-28(4,22)23/h5-6,11,14H,7-10,12-13H2,1-4H3. The fraction of sp³-hybridized carbons (Fsp3) is 0.667. The van der Waals surface area contributed by atoms with Crippen LogP contribution in [0.2, 0.25) is 0 Å². The summed E-state index contributed by atoms with van der Waals surface area (Å²) in [6.07, 6.45) is 4.06. The molecule has 1 amide bonds. The van der Waals surface area contributed by atoms with Gasteiger partial charge in [-0.3, -0.25) is 9.17 Å². The van der Waals surface area contributed by atoms with E-state index in [1.807, 2.05) is 20.8 Å². The minimum absolute atomic E-state index is 0.0259. The van der Waals surface area contributed by atoms with Crippen LogP contribution in [0.1, 0.15) is 32.3 Å². The minimum atomic E-state index is -3.45. The summed E-state index contributed by atoms with van der Waals surface area (Å²) >= 11 is 0. The molecular formula is C18H28N2O7S. The van der Waals surface area contributed by atoms with Gasteiger partial charge in [0.1, 0.15) is 18.0 Å². The van der Waals surface area contributed by atoms with Gasteiger partial charge in [0.15, 0.2) is 0 Å². The zero-order valence-corrected chi connectivity index (χ0v) is 17.5. The topological polar surface area (TPSA) is 104 Å². The predicted molar refractivity (Wildman–Crippen MR) is 102 cm³/mol. The summed E-state index contributed by atoms with van der Waals surface area (Å²) < 4.78 is 42.7. The first-order valence-electron chi connectivity index (χ1n) is 9.02. The molecule has 0 aromatic carbocycles. The number of carbonyl (C=O) groups excluding carboxylic acids is 1. The van der Waals surface area contributed by atoms with Crippen molar-refractivity contribution in [2.75, 3.05) is 45.8 Å². The number of carbonyl (C=O) groups is 1. The van der Waals surface area contributed by atoms with Crippen molar-refractivity contribution in [2.45, 2.75) is 32.3 Å². The van der Waals surface area contributed by atoms with Crippen LogP contribution < -0.4 is 4.74 Å². The molecule has 0 spiro atoms. The molecule has 1 aliphatic rings. The summed E-state index contributed by atoms with van der Waals surface area (Å²) in [6.45, 7) is 7.35. The Morgan fingerprint density at radius 2 is 1.89 bits per heavy atom. The van der Waals surface area contributed by atoms with Crippen LogP contribution in [0.3, 0.4) is 0 Å². The van der Waals surface area contributed by atoms with Crippen LogP contribution >= 0.6 is 0 Å².